The average molecular weight is 397 g/mol. The molecule has 1 aromatic carbocycles. The molecule has 1 aliphatic heterocycles. The van der Waals surface area contributed by atoms with E-state index in [1.165, 1.54) is 0 Å². The topological polar surface area (TPSA) is 69.0 Å². The standard InChI is InChI=1S/C21H24N4O2S/c1-13-19(14(2)25(24-13)16-7-5-4-6-8-16)20-18(9-10-27-20)21(26)23-12-17-11-22-15(3)28-17/h4-8,11,18,20H,9-10,12H2,1-3H3,(H,23,26)/t18-,20-/m0/s1. The van der Waals surface area contributed by atoms with Crippen LogP contribution in [0.5, 0.6) is 0 Å². The van der Waals surface area contributed by atoms with Crippen LogP contribution in [0.4, 0.5) is 0 Å². The minimum absolute atomic E-state index is 0.0276. The van der Waals surface area contributed by atoms with Crippen molar-refractivity contribution in [3.63, 3.8) is 0 Å². The Balaban J connectivity index is 1.55. The van der Waals surface area contributed by atoms with Crippen molar-refractivity contribution < 1.29 is 9.53 Å². The number of amides is 1. The molecule has 2 aromatic heterocycles. The van der Waals surface area contributed by atoms with Gasteiger partial charge >= 0.3 is 0 Å². The second-order valence-corrected chi connectivity index (χ2v) is 8.40. The second-order valence-electron chi connectivity index (χ2n) is 7.08. The first-order valence-corrected chi connectivity index (χ1v) is 10.3. The molecule has 2 atom stereocenters. The van der Waals surface area contributed by atoms with Crippen molar-refractivity contribution >= 4 is 17.2 Å². The highest BCUT2D eigenvalue weighted by Crippen LogP contribution is 2.38. The molecule has 146 valence electrons. The Morgan fingerprint density at radius 2 is 2.07 bits per heavy atom. The Labute approximate surface area is 168 Å². The van der Waals surface area contributed by atoms with Crippen LogP contribution in [0.1, 0.15) is 39.4 Å². The first-order chi connectivity index (χ1) is 13.5. The third-order valence-electron chi connectivity index (χ3n) is 5.17. The number of ether oxygens (including phenoxy) is 1. The van der Waals surface area contributed by atoms with Crippen molar-refractivity contribution in [3.05, 3.63) is 63.4 Å². The van der Waals surface area contributed by atoms with Crippen LogP contribution in [0.25, 0.3) is 5.69 Å². The molecule has 0 radical (unpaired) electrons. The maximum atomic E-state index is 12.9. The molecule has 3 aromatic rings. The lowest BCUT2D eigenvalue weighted by Gasteiger charge is -2.19. The summed E-state index contributed by atoms with van der Waals surface area (Å²) in [6, 6.07) is 10.0. The van der Waals surface area contributed by atoms with E-state index in [4.69, 9.17) is 9.84 Å². The summed E-state index contributed by atoms with van der Waals surface area (Å²) >= 11 is 1.60. The third-order valence-corrected chi connectivity index (χ3v) is 6.08. The van der Waals surface area contributed by atoms with Crippen molar-refractivity contribution in [1.29, 1.82) is 0 Å². The fourth-order valence-electron chi connectivity index (χ4n) is 3.82. The molecule has 0 aliphatic carbocycles. The number of hydrogen-bond donors (Lipinski definition) is 1. The van der Waals surface area contributed by atoms with Gasteiger partial charge in [-0.3, -0.25) is 4.79 Å². The zero-order valence-electron chi connectivity index (χ0n) is 16.3. The predicted molar refractivity (Wildman–Crippen MR) is 109 cm³/mol. The average Bonchev–Trinajstić information content (AvgIpc) is 3.40. The molecule has 0 spiro atoms. The fraction of sp³-hybridized carbons (Fsp3) is 0.381. The van der Waals surface area contributed by atoms with E-state index in [0.717, 1.165) is 32.5 Å². The lowest BCUT2D eigenvalue weighted by molar-refractivity contribution is -0.126. The van der Waals surface area contributed by atoms with E-state index in [1.807, 2.05) is 62.0 Å². The summed E-state index contributed by atoms with van der Waals surface area (Å²) in [4.78, 5) is 18.2. The SMILES string of the molecule is Cc1ncc(CNC(=O)[C@H]2CCO[C@@H]2c2c(C)nn(-c3ccccc3)c2C)s1. The van der Waals surface area contributed by atoms with Gasteiger partial charge in [0.15, 0.2) is 0 Å². The normalized spacial score (nSPS) is 19.1. The van der Waals surface area contributed by atoms with Crippen molar-refractivity contribution in [3.8, 4) is 5.69 Å². The zero-order chi connectivity index (χ0) is 19.7. The number of hydrogen-bond acceptors (Lipinski definition) is 5. The number of carbonyl (C=O) groups excluding carboxylic acids is 1. The smallest absolute Gasteiger partial charge is 0.226 e. The van der Waals surface area contributed by atoms with Gasteiger partial charge in [0.1, 0.15) is 0 Å². The van der Waals surface area contributed by atoms with Gasteiger partial charge in [0.25, 0.3) is 0 Å². The molecule has 0 unspecified atom stereocenters. The minimum atomic E-state index is -0.263. The van der Waals surface area contributed by atoms with E-state index in [0.29, 0.717) is 19.6 Å². The number of aromatic nitrogens is 3. The van der Waals surface area contributed by atoms with Gasteiger partial charge in [0.2, 0.25) is 5.91 Å². The minimum Gasteiger partial charge on any atom is -0.373 e. The van der Waals surface area contributed by atoms with Gasteiger partial charge in [-0.1, -0.05) is 18.2 Å². The summed E-state index contributed by atoms with van der Waals surface area (Å²) in [5.74, 6) is -0.181. The Kier molecular flexibility index (Phi) is 5.28. The van der Waals surface area contributed by atoms with Gasteiger partial charge in [-0.05, 0) is 39.3 Å². The lowest BCUT2D eigenvalue weighted by Crippen LogP contribution is -2.32. The van der Waals surface area contributed by atoms with Crippen LogP contribution in [-0.2, 0) is 16.1 Å². The highest BCUT2D eigenvalue weighted by molar-refractivity contribution is 7.11. The number of aryl methyl sites for hydroxylation is 2. The Hall–Kier alpha value is -2.51. The molecular weight excluding hydrogens is 372 g/mol. The molecule has 4 rings (SSSR count). The van der Waals surface area contributed by atoms with Crippen LogP contribution in [0.3, 0.4) is 0 Å². The van der Waals surface area contributed by atoms with Crippen LogP contribution in [0, 0.1) is 26.7 Å². The Bertz CT molecular complexity index is 980. The molecule has 1 fully saturated rings. The molecule has 28 heavy (non-hydrogen) atoms. The quantitative estimate of drug-likeness (QED) is 0.715. The second kappa shape index (κ2) is 7.85. The van der Waals surface area contributed by atoms with Gasteiger partial charge < -0.3 is 10.1 Å². The molecule has 1 saturated heterocycles. The van der Waals surface area contributed by atoms with E-state index >= 15 is 0 Å². The van der Waals surface area contributed by atoms with Crippen molar-refractivity contribution in [2.75, 3.05) is 6.61 Å². The van der Waals surface area contributed by atoms with Crippen molar-refractivity contribution in [1.82, 2.24) is 20.1 Å². The number of thiazole rings is 1. The van der Waals surface area contributed by atoms with Gasteiger partial charge in [-0.2, -0.15) is 5.10 Å². The highest BCUT2D eigenvalue weighted by Gasteiger charge is 2.38. The fourth-order valence-corrected chi connectivity index (χ4v) is 4.56. The van der Waals surface area contributed by atoms with Gasteiger partial charge in [-0.25, -0.2) is 9.67 Å². The summed E-state index contributed by atoms with van der Waals surface area (Å²) < 4.78 is 7.95. The lowest BCUT2D eigenvalue weighted by atomic mass is 9.93. The summed E-state index contributed by atoms with van der Waals surface area (Å²) in [7, 11) is 0. The first kappa shape index (κ1) is 18.8. The van der Waals surface area contributed by atoms with Crippen molar-refractivity contribution in [2.45, 2.75) is 39.8 Å². The number of nitrogens with one attached hydrogen (secondary N) is 1. The maximum absolute atomic E-state index is 12.9. The maximum Gasteiger partial charge on any atom is 0.226 e. The zero-order valence-corrected chi connectivity index (χ0v) is 17.1. The molecular formula is C21H24N4O2S. The molecule has 3 heterocycles. The largest absolute Gasteiger partial charge is 0.373 e. The predicted octanol–water partition coefficient (Wildman–Crippen LogP) is 3.65. The summed E-state index contributed by atoms with van der Waals surface area (Å²) in [5, 5.41) is 8.77. The van der Waals surface area contributed by atoms with Gasteiger partial charge in [-0.15, -0.1) is 11.3 Å². The Morgan fingerprint density at radius 3 is 2.79 bits per heavy atom. The van der Waals surface area contributed by atoms with Crippen LogP contribution in [0.2, 0.25) is 0 Å². The molecule has 6 nitrogen and oxygen atoms in total. The third kappa shape index (κ3) is 3.59. The summed E-state index contributed by atoms with van der Waals surface area (Å²) in [6.07, 6.45) is 2.27. The number of para-hydroxylation sites is 1. The molecule has 0 bridgehead atoms. The molecule has 1 amide bonds. The number of carbonyl (C=O) groups is 1. The van der Waals surface area contributed by atoms with Crippen LogP contribution in [0.15, 0.2) is 36.5 Å². The highest BCUT2D eigenvalue weighted by atomic mass is 32.1. The summed E-state index contributed by atoms with van der Waals surface area (Å²) in [6.45, 7) is 7.08. The van der Waals surface area contributed by atoms with E-state index in [2.05, 4.69) is 10.3 Å². The van der Waals surface area contributed by atoms with Crippen LogP contribution >= 0.6 is 11.3 Å². The van der Waals surface area contributed by atoms with Gasteiger partial charge in [0, 0.05) is 28.9 Å². The van der Waals surface area contributed by atoms with E-state index < -0.39 is 0 Å². The molecule has 1 N–H and O–H groups in total. The molecule has 7 heteroatoms. The number of rotatable bonds is 5. The van der Waals surface area contributed by atoms with Crippen LogP contribution in [-0.4, -0.2) is 27.3 Å². The molecule has 1 aliphatic rings. The van der Waals surface area contributed by atoms with Crippen LogP contribution < -0.4 is 5.32 Å². The summed E-state index contributed by atoms with van der Waals surface area (Å²) in [5.41, 5.74) is 3.96. The number of nitrogens with zero attached hydrogens (tertiary/aromatic N) is 3. The van der Waals surface area contributed by atoms with Crippen molar-refractivity contribution in [2.24, 2.45) is 5.92 Å². The number of benzene rings is 1. The van der Waals surface area contributed by atoms with Gasteiger partial charge in [0.05, 0.1) is 35.0 Å². The van der Waals surface area contributed by atoms with E-state index in [1.54, 1.807) is 11.3 Å². The van der Waals surface area contributed by atoms with E-state index in [9.17, 15) is 4.79 Å². The monoisotopic (exact) mass is 396 g/mol. The van der Waals surface area contributed by atoms with E-state index in [-0.39, 0.29) is 17.9 Å². The Morgan fingerprint density at radius 1 is 1.29 bits per heavy atom. The first-order valence-electron chi connectivity index (χ1n) is 9.46. The molecule has 0 saturated carbocycles.